The van der Waals surface area contributed by atoms with Gasteiger partial charge in [0.25, 0.3) is 6.43 Å². The van der Waals surface area contributed by atoms with E-state index < -0.39 is 6.43 Å². The molecule has 0 N–H and O–H groups in total. The van der Waals surface area contributed by atoms with Crippen LogP contribution in [0.2, 0.25) is 5.02 Å². The number of aryl methyl sites for hydroxylation is 1. The highest BCUT2D eigenvalue weighted by atomic mass is 35.5. The summed E-state index contributed by atoms with van der Waals surface area (Å²) in [5, 5.41) is 18.2. The smallest absolute Gasteiger partial charge is 0.268 e. The van der Waals surface area contributed by atoms with Crippen LogP contribution in [0.15, 0.2) is 36.7 Å². The molecule has 4 aromatic rings. The first-order valence-corrected chi connectivity index (χ1v) is 12.2. The molecule has 0 unspecified atom stereocenters. The molecule has 0 radical (unpaired) electrons. The number of hydrogen-bond donors (Lipinski definition) is 0. The fourth-order valence-electron chi connectivity index (χ4n) is 4.39. The van der Waals surface area contributed by atoms with E-state index in [9.17, 15) is 8.78 Å². The molecule has 10 heteroatoms. The summed E-state index contributed by atoms with van der Waals surface area (Å²) in [6, 6.07) is 11.3. The van der Waals surface area contributed by atoms with Crippen molar-refractivity contribution in [2.45, 2.75) is 52.5 Å². The van der Waals surface area contributed by atoms with Gasteiger partial charge in [-0.05, 0) is 44.2 Å². The Morgan fingerprint density at radius 1 is 1.17 bits per heavy atom. The van der Waals surface area contributed by atoms with Crippen LogP contribution in [0.25, 0.3) is 17.1 Å². The number of halogens is 3. The molecule has 1 fully saturated rings. The molecule has 0 spiro atoms. The molecular formula is C26H24ClF2N7. The van der Waals surface area contributed by atoms with Crippen molar-refractivity contribution < 1.29 is 8.78 Å². The van der Waals surface area contributed by atoms with E-state index >= 15 is 0 Å². The van der Waals surface area contributed by atoms with Gasteiger partial charge in [0.05, 0.1) is 33.7 Å². The summed E-state index contributed by atoms with van der Waals surface area (Å²) in [4.78, 5) is 8.62. The van der Waals surface area contributed by atoms with Gasteiger partial charge in [0, 0.05) is 35.9 Å². The van der Waals surface area contributed by atoms with Gasteiger partial charge in [-0.3, -0.25) is 4.68 Å². The molecule has 0 atom stereocenters. The van der Waals surface area contributed by atoms with Crippen molar-refractivity contribution in [2.75, 3.05) is 0 Å². The lowest BCUT2D eigenvalue weighted by Gasteiger charge is -2.10. The molecule has 7 nitrogen and oxygen atoms in total. The van der Waals surface area contributed by atoms with E-state index in [4.69, 9.17) is 22.0 Å². The molecule has 0 aliphatic heterocycles. The molecule has 184 valence electrons. The van der Waals surface area contributed by atoms with Crippen LogP contribution >= 0.6 is 11.6 Å². The maximum Gasteiger partial charge on any atom is 0.282 e. The van der Waals surface area contributed by atoms with Gasteiger partial charge in [-0.15, -0.1) is 0 Å². The fourth-order valence-corrected chi connectivity index (χ4v) is 4.59. The third-order valence-corrected chi connectivity index (χ3v) is 6.90. The lowest BCUT2D eigenvalue weighted by Crippen LogP contribution is -2.11. The maximum absolute atomic E-state index is 13.7. The van der Waals surface area contributed by atoms with E-state index in [1.165, 1.54) is 19.2 Å². The molecule has 1 aromatic carbocycles. The van der Waals surface area contributed by atoms with Gasteiger partial charge in [-0.2, -0.15) is 15.5 Å². The number of alkyl halides is 2. The first-order valence-electron chi connectivity index (χ1n) is 11.8. The Hall–Kier alpha value is -3.64. The minimum Gasteiger partial charge on any atom is -0.268 e. The van der Waals surface area contributed by atoms with Crippen LogP contribution in [0.1, 0.15) is 60.1 Å². The highest BCUT2D eigenvalue weighted by molar-refractivity contribution is 6.31. The summed E-state index contributed by atoms with van der Waals surface area (Å²) in [6.07, 6.45) is 2.16. The number of nitriles is 1. The van der Waals surface area contributed by atoms with Crippen molar-refractivity contribution in [2.24, 2.45) is 5.92 Å². The first kappa shape index (κ1) is 24.1. The number of hydrogen-bond acceptors (Lipinski definition) is 5. The fraction of sp³-hybridized carbons (Fsp3) is 0.346. The molecule has 5 rings (SSSR count). The predicted molar refractivity (Wildman–Crippen MR) is 131 cm³/mol. The Bertz CT molecular complexity index is 1450. The van der Waals surface area contributed by atoms with Crippen LogP contribution in [-0.2, 0) is 19.4 Å². The average molecular weight is 508 g/mol. The van der Waals surface area contributed by atoms with Crippen LogP contribution in [0.5, 0.6) is 0 Å². The van der Waals surface area contributed by atoms with Crippen LogP contribution < -0.4 is 0 Å². The molecular weight excluding hydrogens is 484 g/mol. The first-order chi connectivity index (χ1) is 17.4. The molecule has 0 amide bonds. The Balaban J connectivity index is 1.55. The zero-order valence-electron chi connectivity index (χ0n) is 19.9. The van der Waals surface area contributed by atoms with Gasteiger partial charge in [0.1, 0.15) is 12.0 Å². The zero-order chi connectivity index (χ0) is 25.4. The average Bonchev–Trinajstić information content (AvgIpc) is 3.56. The van der Waals surface area contributed by atoms with Crippen molar-refractivity contribution >= 4 is 11.6 Å². The topological polar surface area (TPSA) is 85.2 Å². The highest BCUT2D eigenvalue weighted by Crippen LogP contribution is 2.35. The third kappa shape index (κ3) is 4.61. The lowest BCUT2D eigenvalue weighted by atomic mass is 10.0. The van der Waals surface area contributed by atoms with Crippen molar-refractivity contribution in [3.63, 3.8) is 0 Å². The summed E-state index contributed by atoms with van der Waals surface area (Å²) in [6.45, 7) is 4.49. The van der Waals surface area contributed by atoms with Gasteiger partial charge >= 0.3 is 0 Å². The molecule has 1 aliphatic carbocycles. The van der Waals surface area contributed by atoms with Crippen LogP contribution in [0, 0.1) is 24.2 Å². The highest BCUT2D eigenvalue weighted by Gasteiger charge is 2.27. The van der Waals surface area contributed by atoms with Crippen molar-refractivity contribution in [1.29, 1.82) is 5.26 Å². The number of nitrogens with zero attached hydrogens (tertiary/aromatic N) is 7. The normalized spacial score (nSPS) is 13.4. The molecule has 0 bridgehead atoms. The molecule has 36 heavy (non-hydrogen) atoms. The number of rotatable bonds is 8. The predicted octanol–water partition coefficient (Wildman–Crippen LogP) is 5.86. The van der Waals surface area contributed by atoms with E-state index in [-0.39, 0.29) is 16.5 Å². The second-order valence-electron chi connectivity index (χ2n) is 8.98. The van der Waals surface area contributed by atoms with E-state index in [0.717, 1.165) is 40.2 Å². The van der Waals surface area contributed by atoms with E-state index in [2.05, 4.69) is 32.7 Å². The molecule has 3 heterocycles. The zero-order valence-corrected chi connectivity index (χ0v) is 20.7. The summed E-state index contributed by atoms with van der Waals surface area (Å²) < 4.78 is 30.6. The summed E-state index contributed by atoms with van der Waals surface area (Å²) in [7, 11) is 0. The van der Waals surface area contributed by atoms with Gasteiger partial charge in [0.2, 0.25) is 0 Å². The second-order valence-corrected chi connectivity index (χ2v) is 9.36. The van der Waals surface area contributed by atoms with Gasteiger partial charge in [0.15, 0.2) is 5.82 Å². The van der Waals surface area contributed by atoms with E-state index in [1.54, 1.807) is 25.1 Å². The Kier molecular flexibility index (Phi) is 6.54. The molecule has 3 aromatic heterocycles. The summed E-state index contributed by atoms with van der Waals surface area (Å²) >= 11 is 6.09. The molecule has 1 saturated carbocycles. The largest absolute Gasteiger partial charge is 0.282 e. The van der Waals surface area contributed by atoms with E-state index in [1.807, 2.05) is 12.1 Å². The Morgan fingerprint density at radius 2 is 1.92 bits per heavy atom. The standard InChI is InChI=1S/C26H24ClF2N7/c1-3-20-21(35(13-17-4-5-17)34-24(20)18-8-6-16(12-30)7-9-18)10-19-11-22(32-14-31-19)36-25(26(28)29)23(27)15(2)33-36/h6-9,11,14,17,26H,3-5,10,13H2,1-2H3. The van der Waals surface area contributed by atoms with Crippen LogP contribution in [0.3, 0.4) is 0 Å². The van der Waals surface area contributed by atoms with Crippen molar-refractivity contribution in [3.8, 4) is 23.1 Å². The van der Waals surface area contributed by atoms with Crippen LogP contribution in [-0.4, -0.2) is 29.5 Å². The molecule has 0 saturated heterocycles. The lowest BCUT2D eigenvalue weighted by molar-refractivity contribution is 0.142. The number of benzene rings is 1. The SMILES string of the molecule is CCc1c(-c2ccc(C#N)cc2)nn(CC2CC2)c1Cc1cc(-n2nc(C)c(Cl)c2C(F)F)ncn1. The Labute approximate surface area is 212 Å². The van der Waals surface area contributed by atoms with Gasteiger partial charge in [-0.25, -0.2) is 23.4 Å². The van der Waals surface area contributed by atoms with Gasteiger partial charge < -0.3 is 0 Å². The van der Waals surface area contributed by atoms with Crippen LogP contribution in [0.4, 0.5) is 8.78 Å². The second kappa shape index (κ2) is 9.78. The quantitative estimate of drug-likeness (QED) is 0.298. The van der Waals surface area contributed by atoms with E-state index in [0.29, 0.717) is 29.3 Å². The number of aromatic nitrogens is 6. The van der Waals surface area contributed by atoms with Crippen molar-refractivity contribution in [3.05, 3.63) is 75.6 Å². The minimum atomic E-state index is -2.79. The van der Waals surface area contributed by atoms with Gasteiger partial charge in [-0.1, -0.05) is 30.7 Å². The monoisotopic (exact) mass is 507 g/mol. The summed E-state index contributed by atoms with van der Waals surface area (Å²) in [5.74, 6) is 0.842. The maximum atomic E-state index is 13.7. The summed E-state index contributed by atoms with van der Waals surface area (Å²) in [5.41, 5.74) is 5.19. The molecule has 1 aliphatic rings. The minimum absolute atomic E-state index is 0.0620. The van der Waals surface area contributed by atoms with Crippen molar-refractivity contribution in [1.82, 2.24) is 29.5 Å². The Morgan fingerprint density at radius 3 is 2.56 bits per heavy atom. The third-order valence-electron chi connectivity index (χ3n) is 6.44.